The number of nitrogens with zero attached hydrogens (tertiary/aromatic N) is 3. The summed E-state index contributed by atoms with van der Waals surface area (Å²) in [5, 5.41) is 21.0. The van der Waals surface area contributed by atoms with Gasteiger partial charge in [-0.15, -0.1) is 0 Å². The number of nitrogens with one attached hydrogen (secondary N) is 2. The van der Waals surface area contributed by atoms with Crippen molar-refractivity contribution in [1.29, 1.82) is 0 Å². The number of aromatic nitrogens is 2. The number of urea groups is 1. The molecule has 0 unspecified atom stereocenters. The number of carbonyl (C=O) groups is 1. The molecule has 0 radical (unpaired) electrons. The molecular weight excluding hydrogens is 393 g/mol. The molecule has 0 aliphatic rings. The monoisotopic (exact) mass is 405 g/mol. The molecule has 1 aromatic heterocycles. The number of halogens is 2. The number of benzene rings is 2. The van der Waals surface area contributed by atoms with Crippen LogP contribution in [0.2, 0.25) is 10.0 Å². The third-order valence-electron chi connectivity index (χ3n) is 3.55. The SMILES string of the molecule is O=C(Nc1ccc([N+](=O)[O-])cc1)Nc1ccn(Cc2ccc(Cl)c(Cl)c2)n1. The van der Waals surface area contributed by atoms with E-state index in [1.165, 1.54) is 24.3 Å². The minimum Gasteiger partial charge on any atom is -0.308 e. The van der Waals surface area contributed by atoms with Gasteiger partial charge >= 0.3 is 6.03 Å². The number of non-ortho nitro benzene ring substituents is 1. The van der Waals surface area contributed by atoms with Crippen molar-refractivity contribution in [3.05, 3.63) is 80.5 Å². The van der Waals surface area contributed by atoms with E-state index >= 15 is 0 Å². The molecule has 0 fully saturated rings. The Bertz CT molecular complexity index is 988. The van der Waals surface area contributed by atoms with Gasteiger partial charge in [-0.25, -0.2) is 4.79 Å². The van der Waals surface area contributed by atoms with Gasteiger partial charge in [0.05, 0.1) is 21.5 Å². The number of hydrogen-bond donors (Lipinski definition) is 2. The summed E-state index contributed by atoms with van der Waals surface area (Å²) in [6.45, 7) is 0.461. The lowest BCUT2D eigenvalue weighted by atomic mass is 10.2. The van der Waals surface area contributed by atoms with E-state index in [1.807, 2.05) is 6.07 Å². The quantitative estimate of drug-likeness (QED) is 0.470. The second kappa shape index (κ2) is 8.07. The fourth-order valence-electron chi connectivity index (χ4n) is 2.29. The summed E-state index contributed by atoms with van der Waals surface area (Å²) in [4.78, 5) is 22.1. The van der Waals surface area contributed by atoms with E-state index in [2.05, 4.69) is 15.7 Å². The minimum absolute atomic E-state index is 0.0537. The average molecular weight is 406 g/mol. The number of carbonyl (C=O) groups excluding carboxylic acids is 1. The zero-order chi connectivity index (χ0) is 19.4. The molecule has 1 heterocycles. The van der Waals surface area contributed by atoms with Gasteiger partial charge < -0.3 is 5.32 Å². The normalized spacial score (nSPS) is 10.4. The third-order valence-corrected chi connectivity index (χ3v) is 4.29. The van der Waals surface area contributed by atoms with Gasteiger partial charge in [0.25, 0.3) is 5.69 Å². The zero-order valence-electron chi connectivity index (χ0n) is 13.7. The standard InChI is InChI=1S/C17H13Cl2N5O3/c18-14-6-1-11(9-15(14)19)10-23-8-7-16(22-23)21-17(25)20-12-2-4-13(5-3-12)24(26)27/h1-9H,10H2,(H2,20,21,22,25). The van der Waals surface area contributed by atoms with Gasteiger partial charge in [0.1, 0.15) is 0 Å². The summed E-state index contributed by atoms with van der Waals surface area (Å²) >= 11 is 11.9. The predicted molar refractivity (Wildman–Crippen MR) is 104 cm³/mol. The van der Waals surface area contributed by atoms with E-state index in [1.54, 1.807) is 29.1 Å². The van der Waals surface area contributed by atoms with Crippen molar-refractivity contribution < 1.29 is 9.72 Å². The molecule has 10 heteroatoms. The number of amides is 2. The van der Waals surface area contributed by atoms with Crippen LogP contribution in [0.15, 0.2) is 54.7 Å². The number of hydrogen-bond acceptors (Lipinski definition) is 4. The largest absolute Gasteiger partial charge is 0.324 e. The van der Waals surface area contributed by atoms with Crippen molar-refractivity contribution in [2.45, 2.75) is 6.54 Å². The lowest BCUT2D eigenvalue weighted by molar-refractivity contribution is -0.384. The molecule has 138 valence electrons. The van der Waals surface area contributed by atoms with Gasteiger partial charge in [-0.05, 0) is 29.8 Å². The number of rotatable bonds is 5. The van der Waals surface area contributed by atoms with Crippen LogP contribution in [-0.4, -0.2) is 20.7 Å². The lowest BCUT2D eigenvalue weighted by Crippen LogP contribution is -2.19. The Morgan fingerprint density at radius 2 is 1.81 bits per heavy atom. The highest BCUT2D eigenvalue weighted by Gasteiger charge is 2.08. The molecule has 0 saturated heterocycles. The van der Waals surface area contributed by atoms with Crippen LogP contribution in [0, 0.1) is 10.1 Å². The maximum atomic E-state index is 12.0. The Kier molecular flexibility index (Phi) is 5.58. The van der Waals surface area contributed by atoms with E-state index in [-0.39, 0.29) is 5.69 Å². The summed E-state index contributed by atoms with van der Waals surface area (Å²) in [7, 11) is 0. The summed E-state index contributed by atoms with van der Waals surface area (Å²) < 4.78 is 1.64. The van der Waals surface area contributed by atoms with E-state index in [9.17, 15) is 14.9 Å². The van der Waals surface area contributed by atoms with E-state index in [0.29, 0.717) is 28.1 Å². The summed E-state index contributed by atoms with van der Waals surface area (Å²) in [6, 6.07) is 11.9. The second-order valence-electron chi connectivity index (χ2n) is 5.53. The fourth-order valence-corrected chi connectivity index (χ4v) is 2.61. The van der Waals surface area contributed by atoms with Gasteiger partial charge in [0.15, 0.2) is 5.82 Å². The molecule has 2 aromatic carbocycles. The molecule has 3 aromatic rings. The maximum absolute atomic E-state index is 12.0. The first-order valence-electron chi connectivity index (χ1n) is 7.70. The topological polar surface area (TPSA) is 102 Å². The van der Waals surface area contributed by atoms with E-state index in [4.69, 9.17) is 23.2 Å². The molecule has 0 aliphatic heterocycles. The number of anilines is 2. The molecule has 0 aliphatic carbocycles. The van der Waals surface area contributed by atoms with Crippen LogP contribution in [0.3, 0.4) is 0 Å². The molecule has 0 saturated carbocycles. The van der Waals surface area contributed by atoms with Crippen LogP contribution in [0.25, 0.3) is 0 Å². The van der Waals surface area contributed by atoms with Crippen LogP contribution < -0.4 is 10.6 Å². The first-order chi connectivity index (χ1) is 12.9. The van der Waals surface area contributed by atoms with Crippen molar-refractivity contribution in [3.8, 4) is 0 Å². The molecule has 0 atom stereocenters. The van der Waals surface area contributed by atoms with Crippen LogP contribution >= 0.6 is 23.2 Å². The van der Waals surface area contributed by atoms with Crippen molar-refractivity contribution in [1.82, 2.24) is 9.78 Å². The average Bonchev–Trinajstić information content (AvgIpc) is 3.05. The number of nitro groups is 1. The molecule has 0 bridgehead atoms. The molecular formula is C17H13Cl2N5O3. The van der Waals surface area contributed by atoms with Crippen molar-refractivity contribution in [2.75, 3.05) is 10.6 Å². The Labute approximate surface area is 163 Å². The highest BCUT2D eigenvalue weighted by molar-refractivity contribution is 6.42. The predicted octanol–water partition coefficient (Wildman–Crippen LogP) is 4.79. The molecule has 8 nitrogen and oxygen atoms in total. The highest BCUT2D eigenvalue weighted by Crippen LogP contribution is 2.23. The maximum Gasteiger partial charge on any atom is 0.324 e. The van der Waals surface area contributed by atoms with Crippen LogP contribution in [-0.2, 0) is 6.54 Å². The van der Waals surface area contributed by atoms with E-state index in [0.717, 1.165) is 5.56 Å². The van der Waals surface area contributed by atoms with E-state index < -0.39 is 11.0 Å². The molecule has 27 heavy (non-hydrogen) atoms. The first-order valence-corrected chi connectivity index (χ1v) is 8.46. The van der Waals surface area contributed by atoms with Gasteiger partial charge in [-0.3, -0.25) is 20.1 Å². The Morgan fingerprint density at radius 3 is 2.48 bits per heavy atom. The second-order valence-corrected chi connectivity index (χ2v) is 6.34. The summed E-state index contributed by atoms with van der Waals surface area (Å²) in [5.74, 6) is 0.356. The summed E-state index contributed by atoms with van der Waals surface area (Å²) in [5.41, 5.74) is 1.28. The molecule has 3 rings (SSSR count). The van der Waals surface area contributed by atoms with Crippen molar-refractivity contribution >= 4 is 46.4 Å². The van der Waals surface area contributed by atoms with Crippen LogP contribution in [0.5, 0.6) is 0 Å². The van der Waals surface area contributed by atoms with Crippen molar-refractivity contribution in [3.63, 3.8) is 0 Å². The Hall–Kier alpha value is -3.10. The zero-order valence-corrected chi connectivity index (χ0v) is 15.2. The number of nitro benzene ring substituents is 1. The highest BCUT2D eigenvalue weighted by atomic mass is 35.5. The summed E-state index contributed by atoms with van der Waals surface area (Å²) in [6.07, 6.45) is 1.71. The Balaban J connectivity index is 1.58. The van der Waals surface area contributed by atoms with Gasteiger partial charge in [0.2, 0.25) is 0 Å². The lowest BCUT2D eigenvalue weighted by Gasteiger charge is -2.06. The minimum atomic E-state index is -0.511. The van der Waals surface area contributed by atoms with Gasteiger partial charge in [-0.2, -0.15) is 5.10 Å². The molecule has 2 N–H and O–H groups in total. The molecule has 2 amide bonds. The van der Waals surface area contributed by atoms with Gasteiger partial charge in [-0.1, -0.05) is 29.3 Å². The molecule has 0 spiro atoms. The third kappa shape index (κ3) is 4.96. The van der Waals surface area contributed by atoms with Crippen molar-refractivity contribution in [2.24, 2.45) is 0 Å². The Morgan fingerprint density at radius 1 is 1.07 bits per heavy atom. The first kappa shape index (κ1) is 18.7. The fraction of sp³-hybridized carbons (Fsp3) is 0.0588. The van der Waals surface area contributed by atoms with Crippen LogP contribution in [0.1, 0.15) is 5.56 Å². The van der Waals surface area contributed by atoms with Gasteiger partial charge in [0, 0.05) is 30.1 Å². The smallest absolute Gasteiger partial charge is 0.308 e. The van der Waals surface area contributed by atoms with Crippen LogP contribution in [0.4, 0.5) is 22.0 Å².